The van der Waals surface area contributed by atoms with E-state index in [4.69, 9.17) is 17.3 Å². The number of nitrogens with two attached hydrogens (primary N) is 1. The van der Waals surface area contributed by atoms with Gasteiger partial charge in [-0.15, -0.1) is 0 Å². The first-order valence-electron chi connectivity index (χ1n) is 6.49. The molecule has 2 N–H and O–H groups in total. The number of halogens is 1. The third-order valence-corrected chi connectivity index (χ3v) is 3.97. The summed E-state index contributed by atoms with van der Waals surface area (Å²) in [4.78, 5) is 4.77. The van der Waals surface area contributed by atoms with Crippen LogP contribution in [0.4, 0.5) is 5.69 Å². The van der Waals surface area contributed by atoms with Crippen molar-refractivity contribution in [3.8, 4) is 0 Å². The highest BCUT2D eigenvalue weighted by Gasteiger charge is 2.22. The van der Waals surface area contributed by atoms with Crippen LogP contribution in [0.2, 0.25) is 5.02 Å². The molecule has 1 aliphatic heterocycles. The normalized spacial score (nSPS) is 20.8. The fourth-order valence-electron chi connectivity index (χ4n) is 2.64. The highest BCUT2D eigenvalue weighted by Crippen LogP contribution is 2.21. The molecule has 1 saturated heterocycles. The van der Waals surface area contributed by atoms with Crippen LogP contribution in [0, 0.1) is 0 Å². The molecule has 1 unspecified atom stereocenters. The number of likely N-dealkylation sites (N-methyl/N-ethyl adjacent to an activating group) is 2. The summed E-state index contributed by atoms with van der Waals surface area (Å²) >= 11 is 6.01. The molecule has 0 spiro atoms. The number of hydrogen-bond donors (Lipinski definition) is 1. The van der Waals surface area contributed by atoms with E-state index in [2.05, 4.69) is 23.9 Å². The van der Waals surface area contributed by atoms with E-state index in [0.717, 1.165) is 29.4 Å². The number of rotatable bonds is 4. The quantitative estimate of drug-likeness (QED) is 0.851. The second-order valence-corrected chi connectivity index (χ2v) is 5.75. The van der Waals surface area contributed by atoms with Gasteiger partial charge in [0.05, 0.1) is 0 Å². The van der Waals surface area contributed by atoms with Crippen molar-refractivity contribution < 1.29 is 0 Å². The Morgan fingerprint density at radius 1 is 1.50 bits per heavy atom. The smallest absolute Gasteiger partial charge is 0.0410 e. The predicted octanol–water partition coefficient (Wildman–Crippen LogP) is 2.45. The molecule has 1 aromatic carbocycles. The molecule has 0 radical (unpaired) electrons. The Morgan fingerprint density at radius 2 is 2.28 bits per heavy atom. The lowest BCUT2D eigenvalue weighted by molar-refractivity contribution is 0.216. The second-order valence-electron chi connectivity index (χ2n) is 5.32. The van der Waals surface area contributed by atoms with Gasteiger partial charge in [0.2, 0.25) is 0 Å². The van der Waals surface area contributed by atoms with E-state index >= 15 is 0 Å². The molecule has 1 aromatic rings. The maximum atomic E-state index is 6.01. The largest absolute Gasteiger partial charge is 0.398 e. The number of hydrogen-bond acceptors (Lipinski definition) is 3. The van der Waals surface area contributed by atoms with Crippen LogP contribution in [0.3, 0.4) is 0 Å². The van der Waals surface area contributed by atoms with E-state index in [1.807, 2.05) is 18.2 Å². The molecule has 0 aromatic heterocycles. The molecule has 1 aliphatic rings. The van der Waals surface area contributed by atoms with Gasteiger partial charge in [0.15, 0.2) is 0 Å². The molecular weight excluding hydrogens is 246 g/mol. The first-order valence-corrected chi connectivity index (χ1v) is 6.87. The van der Waals surface area contributed by atoms with Gasteiger partial charge in [0.25, 0.3) is 0 Å². The Kier molecular flexibility index (Phi) is 4.49. The van der Waals surface area contributed by atoms with Gasteiger partial charge in [-0.2, -0.15) is 0 Å². The fraction of sp³-hybridized carbons (Fsp3) is 0.571. The van der Waals surface area contributed by atoms with E-state index in [1.165, 1.54) is 19.4 Å². The minimum atomic E-state index is 0.676. The zero-order chi connectivity index (χ0) is 13.1. The van der Waals surface area contributed by atoms with Gasteiger partial charge in [-0.05, 0) is 57.2 Å². The molecule has 4 heteroatoms. The molecule has 1 atom stereocenters. The van der Waals surface area contributed by atoms with Crippen LogP contribution in [-0.2, 0) is 6.54 Å². The van der Waals surface area contributed by atoms with Crippen molar-refractivity contribution in [1.29, 1.82) is 0 Å². The Morgan fingerprint density at radius 3 is 2.94 bits per heavy atom. The molecule has 0 bridgehead atoms. The van der Waals surface area contributed by atoms with Gasteiger partial charge in [0, 0.05) is 29.8 Å². The Hall–Kier alpha value is -0.770. The summed E-state index contributed by atoms with van der Waals surface area (Å²) in [6.07, 6.45) is 2.61. The molecule has 0 saturated carbocycles. The maximum Gasteiger partial charge on any atom is 0.0410 e. The lowest BCUT2D eigenvalue weighted by Gasteiger charge is -2.26. The number of nitrogens with zero attached hydrogens (tertiary/aromatic N) is 2. The summed E-state index contributed by atoms with van der Waals surface area (Å²) in [6, 6.07) is 6.36. The monoisotopic (exact) mass is 267 g/mol. The fourth-order valence-corrected chi connectivity index (χ4v) is 2.83. The van der Waals surface area contributed by atoms with Crippen molar-refractivity contribution in [3.05, 3.63) is 28.8 Å². The van der Waals surface area contributed by atoms with Gasteiger partial charge in [0.1, 0.15) is 0 Å². The van der Waals surface area contributed by atoms with Crippen LogP contribution in [0.5, 0.6) is 0 Å². The lowest BCUT2D eigenvalue weighted by atomic mass is 10.1. The summed E-state index contributed by atoms with van der Waals surface area (Å²) in [7, 11) is 4.35. The van der Waals surface area contributed by atoms with Crippen LogP contribution in [0.1, 0.15) is 18.4 Å². The zero-order valence-electron chi connectivity index (χ0n) is 11.2. The molecule has 0 amide bonds. The van der Waals surface area contributed by atoms with Crippen LogP contribution in [-0.4, -0.2) is 43.0 Å². The topological polar surface area (TPSA) is 32.5 Å². The first-order chi connectivity index (χ1) is 8.56. The minimum Gasteiger partial charge on any atom is -0.398 e. The average molecular weight is 268 g/mol. The average Bonchev–Trinajstić information content (AvgIpc) is 2.70. The lowest BCUT2D eigenvalue weighted by Crippen LogP contribution is -2.36. The Labute approximate surface area is 115 Å². The molecule has 1 heterocycles. The highest BCUT2D eigenvalue weighted by molar-refractivity contribution is 6.30. The first kappa shape index (κ1) is 13.7. The highest BCUT2D eigenvalue weighted by atomic mass is 35.5. The molecule has 0 aliphatic carbocycles. The molecular formula is C14H22ClN3. The van der Waals surface area contributed by atoms with Crippen molar-refractivity contribution in [2.45, 2.75) is 25.4 Å². The van der Waals surface area contributed by atoms with Gasteiger partial charge in [-0.1, -0.05) is 11.6 Å². The van der Waals surface area contributed by atoms with Crippen LogP contribution in [0.15, 0.2) is 18.2 Å². The predicted molar refractivity (Wildman–Crippen MR) is 77.9 cm³/mol. The second kappa shape index (κ2) is 5.91. The van der Waals surface area contributed by atoms with Gasteiger partial charge in [-0.3, -0.25) is 0 Å². The van der Waals surface area contributed by atoms with E-state index in [9.17, 15) is 0 Å². The number of likely N-dealkylation sites (tertiary alicyclic amines) is 1. The summed E-state index contributed by atoms with van der Waals surface area (Å²) in [6.45, 7) is 3.16. The van der Waals surface area contributed by atoms with Gasteiger partial charge >= 0.3 is 0 Å². The standard InChI is InChI=1S/C14H22ClN3/c1-17(10-13-4-3-7-18(13)2)9-11-8-12(15)5-6-14(11)16/h5-6,8,13H,3-4,7,9-10,16H2,1-2H3. The summed E-state index contributed by atoms with van der Waals surface area (Å²) in [5, 5.41) is 0.755. The third-order valence-electron chi connectivity index (χ3n) is 3.74. The van der Waals surface area contributed by atoms with E-state index < -0.39 is 0 Å². The number of nitrogen functional groups attached to an aromatic ring is 1. The molecule has 1 fully saturated rings. The third kappa shape index (κ3) is 3.37. The Bertz CT molecular complexity index is 408. The van der Waals surface area contributed by atoms with Crippen molar-refractivity contribution >= 4 is 17.3 Å². The van der Waals surface area contributed by atoms with Gasteiger partial charge in [-0.25, -0.2) is 0 Å². The van der Waals surface area contributed by atoms with Crippen molar-refractivity contribution in [2.75, 3.05) is 32.9 Å². The van der Waals surface area contributed by atoms with Crippen molar-refractivity contribution in [3.63, 3.8) is 0 Å². The van der Waals surface area contributed by atoms with Crippen LogP contribution >= 0.6 is 11.6 Å². The maximum absolute atomic E-state index is 6.01. The zero-order valence-corrected chi connectivity index (χ0v) is 12.0. The van der Waals surface area contributed by atoms with Gasteiger partial charge < -0.3 is 15.5 Å². The van der Waals surface area contributed by atoms with E-state index in [1.54, 1.807) is 0 Å². The SMILES string of the molecule is CN(Cc1cc(Cl)ccc1N)CC1CCCN1C. The van der Waals surface area contributed by atoms with E-state index in [-0.39, 0.29) is 0 Å². The molecule has 18 heavy (non-hydrogen) atoms. The van der Waals surface area contributed by atoms with Crippen molar-refractivity contribution in [2.24, 2.45) is 0 Å². The number of benzene rings is 1. The Balaban J connectivity index is 1.94. The minimum absolute atomic E-state index is 0.676. The number of anilines is 1. The summed E-state index contributed by atoms with van der Waals surface area (Å²) in [5.41, 5.74) is 7.92. The molecule has 2 rings (SSSR count). The molecule has 3 nitrogen and oxygen atoms in total. The van der Waals surface area contributed by atoms with Crippen molar-refractivity contribution in [1.82, 2.24) is 9.80 Å². The van der Waals surface area contributed by atoms with Crippen LogP contribution in [0.25, 0.3) is 0 Å². The molecule has 100 valence electrons. The van der Waals surface area contributed by atoms with Crippen LogP contribution < -0.4 is 5.73 Å². The summed E-state index contributed by atoms with van der Waals surface area (Å²) < 4.78 is 0. The summed E-state index contributed by atoms with van der Waals surface area (Å²) in [5.74, 6) is 0. The van der Waals surface area contributed by atoms with E-state index in [0.29, 0.717) is 6.04 Å².